The van der Waals surface area contributed by atoms with Crippen molar-refractivity contribution in [3.63, 3.8) is 0 Å². The van der Waals surface area contributed by atoms with E-state index in [4.69, 9.17) is 4.74 Å². The Balaban J connectivity index is 1.51. The van der Waals surface area contributed by atoms with Crippen LogP contribution in [0.4, 0.5) is 0 Å². The monoisotopic (exact) mass is 364 g/mol. The number of aryl methyl sites for hydroxylation is 1. The zero-order chi connectivity index (χ0) is 18.7. The molecule has 0 unspecified atom stereocenters. The zero-order valence-corrected chi connectivity index (χ0v) is 16.0. The molecular formula is C22H28N4O. The van der Waals surface area contributed by atoms with E-state index in [9.17, 15) is 0 Å². The number of nitrogens with one attached hydrogen (secondary N) is 1. The maximum atomic E-state index is 5.09. The lowest BCUT2D eigenvalue weighted by atomic mass is 9.97. The van der Waals surface area contributed by atoms with Gasteiger partial charge in [0.25, 0.3) is 0 Å². The lowest BCUT2D eigenvalue weighted by Crippen LogP contribution is -1.90. The summed E-state index contributed by atoms with van der Waals surface area (Å²) in [6, 6.07) is 17.0. The molecule has 0 amide bonds. The van der Waals surface area contributed by atoms with Gasteiger partial charge in [-0.2, -0.15) is 5.21 Å². The number of nitrogens with zero attached hydrogens (tertiary/aromatic N) is 3. The maximum Gasteiger partial charge on any atom is 0.205 e. The minimum Gasteiger partial charge on any atom is -0.385 e. The first kappa shape index (κ1) is 19.2. The molecule has 1 heterocycles. The Morgan fingerprint density at radius 1 is 0.815 bits per heavy atom. The molecule has 0 saturated carbocycles. The summed E-state index contributed by atoms with van der Waals surface area (Å²) in [6.07, 6.45) is 8.80. The second-order valence-electron chi connectivity index (χ2n) is 6.84. The molecule has 0 aliphatic carbocycles. The van der Waals surface area contributed by atoms with Gasteiger partial charge in [0, 0.05) is 19.3 Å². The number of aromatic amines is 1. The second kappa shape index (κ2) is 10.6. The van der Waals surface area contributed by atoms with E-state index in [1.807, 2.05) is 18.2 Å². The molecule has 27 heavy (non-hydrogen) atoms. The van der Waals surface area contributed by atoms with Crippen molar-refractivity contribution in [2.75, 3.05) is 13.7 Å². The topological polar surface area (TPSA) is 63.7 Å². The molecule has 0 aliphatic heterocycles. The van der Waals surface area contributed by atoms with Crippen LogP contribution in [0.2, 0.25) is 0 Å². The Hall–Kier alpha value is -2.53. The van der Waals surface area contributed by atoms with E-state index >= 15 is 0 Å². The first-order valence-electron chi connectivity index (χ1n) is 9.79. The van der Waals surface area contributed by atoms with Crippen LogP contribution in [0.3, 0.4) is 0 Å². The largest absolute Gasteiger partial charge is 0.385 e. The van der Waals surface area contributed by atoms with Crippen LogP contribution in [-0.2, 0) is 11.2 Å². The van der Waals surface area contributed by atoms with Crippen molar-refractivity contribution in [1.29, 1.82) is 0 Å². The van der Waals surface area contributed by atoms with E-state index in [1.54, 1.807) is 7.11 Å². The van der Waals surface area contributed by atoms with Gasteiger partial charge in [-0.15, -0.1) is 10.2 Å². The molecule has 3 aromatic rings. The smallest absolute Gasteiger partial charge is 0.205 e. The van der Waals surface area contributed by atoms with Crippen molar-refractivity contribution >= 4 is 0 Å². The second-order valence-corrected chi connectivity index (χ2v) is 6.84. The summed E-state index contributed by atoms with van der Waals surface area (Å²) in [5.74, 6) is 0.625. The number of rotatable bonds is 11. The Bertz CT molecular complexity index is 784. The molecule has 5 heteroatoms. The standard InChI is InChI=1S/C22H28N4O/c1-27-17-9-5-3-2-4-6-10-18-13-15-19(16-14-18)20-11-7-8-12-21(20)22-23-25-26-24-22/h7-8,11-16H,2-6,9-10,17H2,1H3,(H,23,24,25,26). The summed E-state index contributed by atoms with van der Waals surface area (Å²) < 4.78 is 5.09. The molecule has 0 radical (unpaired) electrons. The molecule has 3 rings (SSSR count). The quantitative estimate of drug-likeness (QED) is 0.483. The van der Waals surface area contributed by atoms with Crippen LogP contribution in [0.1, 0.15) is 44.1 Å². The third-order valence-corrected chi connectivity index (χ3v) is 4.84. The Morgan fingerprint density at radius 2 is 1.52 bits per heavy atom. The molecule has 1 N–H and O–H groups in total. The van der Waals surface area contributed by atoms with Crippen LogP contribution >= 0.6 is 0 Å². The van der Waals surface area contributed by atoms with Crippen molar-refractivity contribution in [2.24, 2.45) is 0 Å². The van der Waals surface area contributed by atoms with Gasteiger partial charge in [0.1, 0.15) is 0 Å². The van der Waals surface area contributed by atoms with Crippen molar-refractivity contribution in [1.82, 2.24) is 20.6 Å². The molecule has 0 fully saturated rings. The average molecular weight is 364 g/mol. The van der Waals surface area contributed by atoms with Gasteiger partial charge in [0.15, 0.2) is 0 Å². The minimum absolute atomic E-state index is 0.625. The fourth-order valence-corrected chi connectivity index (χ4v) is 3.34. The van der Waals surface area contributed by atoms with Gasteiger partial charge in [-0.3, -0.25) is 0 Å². The van der Waals surface area contributed by atoms with Crippen LogP contribution in [0.25, 0.3) is 22.5 Å². The van der Waals surface area contributed by atoms with Gasteiger partial charge < -0.3 is 4.74 Å². The molecule has 2 aromatic carbocycles. The summed E-state index contributed by atoms with van der Waals surface area (Å²) >= 11 is 0. The maximum absolute atomic E-state index is 5.09. The van der Waals surface area contributed by atoms with Gasteiger partial charge in [0.2, 0.25) is 5.82 Å². The number of benzene rings is 2. The summed E-state index contributed by atoms with van der Waals surface area (Å²) in [7, 11) is 1.77. The lowest BCUT2D eigenvalue weighted by molar-refractivity contribution is 0.192. The number of tetrazole rings is 1. The van der Waals surface area contributed by atoms with Crippen LogP contribution in [0, 0.1) is 0 Å². The van der Waals surface area contributed by atoms with Gasteiger partial charge in [0.05, 0.1) is 0 Å². The molecule has 0 aliphatic rings. The summed E-state index contributed by atoms with van der Waals surface area (Å²) in [6.45, 7) is 0.891. The number of unbranched alkanes of at least 4 members (excludes halogenated alkanes) is 5. The Labute approximate surface area is 161 Å². The van der Waals surface area contributed by atoms with E-state index in [-0.39, 0.29) is 0 Å². The lowest BCUT2D eigenvalue weighted by Gasteiger charge is -2.08. The van der Waals surface area contributed by atoms with Crippen molar-refractivity contribution in [2.45, 2.75) is 44.9 Å². The third kappa shape index (κ3) is 5.73. The summed E-state index contributed by atoms with van der Waals surface area (Å²) in [5, 5.41) is 14.4. The molecule has 0 atom stereocenters. The van der Waals surface area contributed by atoms with Gasteiger partial charge in [-0.25, -0.2) is 0 Å². The number of methoxy groups -OCH3 is 1. The fourth-order valence-electron chi connectivity index (χ4n) is 3.34. The van der Waals surface area contributed by atoms with E-state index < -0.39 is 0 Å². The van der Waals surface area contributed by atoms with E-state index in [2.05, 4.69) is 51.0 Å². The minimum atomic E-state index is 0.625. The SMILES string of the molecule is COCCCCCCCCc1ccc(-c2ccccc2-c2nn[nH]n2)cc1. The first-order valence-corrected chi connectivity index (χ1v) is 9.79. The number of hydrogen-bond donors (Lipinski definition) is 1. The van der Waals surface area contributed by atoms with Crippen LogP contribution in [0.5, 0.6) is 0 Å². The Kier molecular flexibility index (Phi) is 7.54. The van der Waals surface area contributed by atoms with Gasteiger partial charge in [-0.05, 0) is 41.2 Å². The molecular weight excluding hydrogens is 336 g/mol. The van der Waals surface area contributed by atoms with Crippen LogP contribution in [-0.4, -0.2) is 34.3 Å². The fraction of sp³-hybridized carbons (Fsp3) is 0.409. The van der Waals surface area contributed by atoms with E-state index in [0.29, 0.717) is 5.82 Å². The number of aromatic nitrogens is 4. The highest BCUT2D eigenvalue weighted by atomic mass is 16.5. The number of H-pyrrole nitrogens is 1. The molecule has 0 spiro atoms. The Morgan fingerprint density at radius 3 is 2.22 bits per heavy atom. The van der Waals surface area contributed by atoms with Crippen molar-refractivity contribution < 1.29 is 4.74 Å². The number of ether oxygens (including phenoxy) is 1. The molecule has 1 aromatic heterocycles. The van der Waals surface area contributed by atoms with E-state index in [1.165, 1.54) is 49.7 Å². The van der Waals surface area contributed by atoms with Crippen LogP contribution in [0.15, 0.2) is 48.5 Å². The number of hydrogen-bond acceptors (Lipinski definition) is 4. The van der Waals surface area contributed by atoms with Crippen molar-refractivity contribution in [3.8, 4) is 22.5 Å². The normalized spacial score (nSPS) is 11.0. The highest BCUT2D eigenvalue weighted by Gasteiger charge is 2.10. The summed E-state index contributed by atoms with van der Waals surface area (Å²) in [5.41, 5.74) is 4.70. The predicted octanol–water partition coefficient (Wildman–Crippen LogP) is 5.06. The van der Waals surface area contributed by atoms with Gasteiger partial charge >= 0.3 is 0 Å². The highest BCUT2D eigenvalue weighted by molar-refractivity contribution is 5.80. The molecule has 0 saturated heterocycles. The molecule has 142 valence electrons. The first-order chi connectivity index (χ1) is 13.4. The average Bonchev–Trinajstić information content (AvgIpc) is 3.25. The van der Waals surface area contributed by atoms with E-state index in [0.717, 1.165) is 24.2 Å². The third-order valence-electron chi connectivity index (χ3n) is 4.84. The molecule has 5 nitrogen and oxygen atoms in total. The zero-order valence-electron chi connectivity index (χ0n) is 16.0. The van der Waals surface area contributed by atoms with Gasteiger partial charge in [-0.1, -0.05) is 74.2 Å². The summed E-state index contributed by atoms with van der Waals surface area (Å²) in [4.78, 5) is 0. The van der Waals surface area contributed by atoms with Crippen LogP contribution < -0.4 is 0 Å². The predicted molar refractivity (Wildman–Crippen MR) is 108 cm³/mol. The highest BCUT2D eigenvalue weighted by Crippen LogP contribution is 2.29. The van der Waals surface area contributed by atoms with Crippen molar-refractivity contribution in [3.05, 3.63) is 54.1 Å². The molecule has 0 bridgehead atoms.